The number of sulfonamides is 1. The van der Waals surface area contributed by atoms with E-state index in [1.807, 2.05) is 0 Å². The van der Waals surface area contributed by atoms with Crippen molar-refractivity contribution < 1.29 is 13.3 Å². The van der Waals surface area contributed by atoms with Gasteiger partial charge in [0.1, 0.15) is 0 Å². The Morgan fingerprint density at radius 2 is 1.82 bits per heavy atom. The van der Waals surface area contributed by atoms with Gasteiger partial charge < -0.3 is 4.57 Å². The second kappa shape index (κ2) is 6.50. The van der Waals surface area contributed by atoms with Gasteiger partial charge in [-0.3, -0.25) is 14.9 Å². The topological polar surface area (TPSA) is 111 Å². The lowest BCUT2D eigenvalue weighted by molar-refractivity contribution is -0.385. The van der Waals surface area contributed by atoms with Gasteiger partial charge in [-0.2, -0.15) is 0 Å². The van der Waals surface area contributed by atoms with E-state index < -0.39 is 20.5 Å². The van der Waals surface area contributed by atoms with Gasteiger partial charge in [0.15, 0.2) is 0 Å². The van der Waals surface area contributed by atoms with Gasteiger partial charge in [0.05, 0.1) is 16.0 Å². The highest BCUT2D eigenvalue weighted by atomic mass is 32.2. The fraction of sp³-hybridized carbons (Fsp3) is 0.154. The molecule has 0 saturated heterocycles. The fourth-order valence-corrected chi connectivity index (χ4v) is 2.83. The van der Waals surface area contributed by atoms with Crippen LogP contribution in [0.1, 0.15) is 0 Å². The van der Waals surface area contributed by atoms with Gasteiger partial charge in [-0.25, -0.2) is 13.1 Å². The maximum atomic E-state index is 12.0. The largest absolute Gasteiger partial charge is 0.308 e. The number of nitrogens with one attached hydrogen (secondary N) is 1. The smallest absolute Gasteiger partial charge is 0.285 e. The zero-order chi connectivity index (χ0) is 16.2. The first-order valence-electron chi connectivity index (χ1n) is 6.30. The van der Waals surface area contributed by atoms with Crippen molar-refractivity contribution in [3.05, 3.63) is 69.1 Å². The van der Waals surface area contributed by atoms with Crippen LogP contribution in [0.25, 0.3) is 0 Å². The lowest BCUT2D eigenvalue weighted by Gasteiger charge is -2.08. The van der Waals surface area contributed by atoms with E-state index in [0.29, 0.717) is 0 Å². The zero-order valence-corrected chi connectivity index (χ0v) is 12.2. The number of rotatable bonds is 6. The summed E-state index contributed by atoms with van der Waals surface area (Å²) in [4.78, 5) is 21.7. The third kappa shape index (κ3) is 3.77. The molecule has 1 N–H and O–H groups in total. The average Bonchev–Trinajstić information content (AvgIpc) is 2.49. The van der Waals surface area contributed by atoms with E-state index >= 15 is 0 Å². The van der Waals surface area contributed by atoms with Crippen LogP contribution in [0.3, 0.4) is 0 Å². The molecule has 2 rings (SSSR count). The predicted molar refractivity (Wildman–Crippen MR) is 79.0 cm³/mol. The van der Waals surface area contributed by atoms with Crippen LogP contribution < -0.4 is 10.3 Å². The molecule has 0 spiro atoms. The number of pyridine rings is 1. The minimum Gasteiger partial charge on any atom is -0.308 e. The first-order valence-corrected chi connectivity index (χ1v) is 7.78. The van der Waals surface area contributed by atoms with Crippen molar-refractivity contribution in [1.82, 2.24) is 9.29 Å². The van der Waals surface area contributed by atoms with Crippen molar-refractivity contribution in [2.75, 3.05) is 6.54 Å². The monoisotopic (exact) mass is 323 g/mol. The molecule has 9 heteroatoms. The number of hydrogen-bond donors (Lipinski definition) is 1. The van der Waals surface area contributed by atoms with Crippen molar-refractivity contribution >= 4 is 15.7 Å². The van der Waals surface area contributed by atoms with E-state index in [9.17, 15) is 23.3 Å². The molecule has 0 amide bonds. The Bertz CT molecular complexity index is 830. The summed E-state index contributed by atoms with van der Waals surface area (Å²) in [6, 6.07) is 9.96. The van der Waals surface area contributed by atoms with E-state index in [0.717, 1.165) is 22.9 Å². The van der Waals surface area contributed by atoms with E-state index in [1.54, 1.807) is 18.2 Å². The van der Waals surface area contributed by atoms with Crippen LogP contribution in [-0.2, 0) is 16.6 Å². The van der Waals surface area contributed by atoms with E-state index in [4.69, 9.17) is 0 Å². The summed E-state index contributed by atoms with van der Waals surface area (Å²) in [5.41, 5.74) is -0.671. The summed E-state index contributed by atoms with van der Waals surface area (Å²) in [7, 11) is -3.67. The molecule has 0 saturated carbocycles. The van der Waals surface area contributed by atoms with Gasteiger partial charge in [0.25, 0.3) is 11.2 Å². The lowest BCUT2D eigenvalue weighted by Crippen LogP contribution is -2.30. The number of hydrogen-bond acceptors (Lipinski definition) is 5. The van der Waals surface area contributed by atoms with E-state index in [2.05, 4.69) is 4.72 Å². The van der Waals surface area contributed by atoms with Crippen LogP contribution in [0.15, 0.2) is 58.4 Å². The predicted octanol–water partition coefficient (Wildman–Crippen LogP) is 0.735. The Balaban J connectivity index is 2.07. The van der Waals surface area contributed by atoms with Crippen molar-refractivity contribution in [2.24, 2.45) is 0 Å². The van der Waals surface area contributed by atoms with E-state index in [-0.39, 0.29) is 23.7 Å². The van der Waals surface area contributed by atoms with Crippen molar-refractivity contribution in [3.8, 4) is 0 Å². The third-order valence-corrected chi connectivity index (χ3v) is 4.35. The fourth-order valence-electron chi connectivity index (χ4n) is 1.78. The Morgan fingerprint density at radius 1 is 1.14 bits per heavy atom. The minimum absolute atomic E-state index is 0.00736. The molecule has 0 bridgehead atoms. The van der Waals surface area contributed by atoms with Gasteiger partial charge in [-0.1, -0.05) is 18.2 Å². The highest BCUT2D eigenvalue weighted by Crippen LogP contribution is 2.08. The SMILES string of the molecule is O=c1ccc([N+](=O)[O-])cn1CCNS(=O)(=O)c1ccccc1. The molecular weight excluding hydrogens is 310 g/mol. The maximum absolute atomic E-state index is 12.0. The van der Waals surface area contributed by atoms with Crippen LogP contribution >= 0.6 is 0 Å². The summed E-state index contributed by atoms with van der Waals surface area (Å²) in [6.45, 7) is -0.0646. The molecule has 0 aliphatic rings. The van der Waals surface area contributed by atoms with Crippen LogP contribution in [0.2, 0.25) is 0 Å². The third-order valence-electron chi connectivity index (χ3n) is 2.88. The molecule has 0 atom stereocenters. The number of aromatic nitrogens is 1. The highest BCUT2D eigenvalue weighted by molar-refractivity contribution is 7.89. The molecule has 22 heavy (non-hydrogen) atoms. The van der Waals surface area contributed by atoms with Crippen molar-refractivity contribution in [1.29, 1.82) is 0 Å². The molecule has 1 heterocycles. The maximum Gasteiger partial charge on any atom is 0.285 e. The van der Waals surface area contributed by atoms with Crippen LogP contribution in [0.4, 0.5) is 5.69 Å². The van der Waals surface area contributed by atoms with Gasteiger partial charge in [0.2, 0.25) is 10.0 Å². The lowest BCUT2D eigenvalue weighted by atomic mass is 10.4. The first-order chi connectivity index (χ1) is 10.4. The highest BCUT2D eigenvalue weighted by Gasteiger charge is 2.13. The zero-order valence-electron chi connectivity index (χ0n) is 11.4. The minimum atomic E-state index is -3.67. The summed E-state index contributed by atoms with van der Waals surface area (Å²) < 4.78 is 27.4. The van der Waals surface area contributed by atoms with Crippen LogP contribution in [0.5, 0.6) is 0 Å². The van der Waals surface area contributed by atoms with Crippen LogP contribution in [-0.4, -0.2) is 24.5 Å². The first kappa shape index (κ1) is 15.9. The van der Waals surface area contributed by atoms with Gasteiger partial charge in [-0.05, 0) is 12.1 Å². The second-order valence-corrected chi connectivity index (χ2v) is 6.15. The number of benzene rings is 1. The quantitative estimate of drug-likeness (QED) is 0.622. The molecule has 2 aromatic rings. The average molecular weight is 323 g/mol. The molecule has 0 fully saturated rings. The summed E-state index contributed by atoms with van der Waals surface area (Å²) in [5.74, 6) is 0. The molecule has 0 aliphatic heterocycles. The Morgan fingerprint density at radius 3 is 2.45 bits per heavy atom. The normalized spacial score (nSPS) is 11.3. The molecule has 0 radical (unpaired) electrons. The molecule has 0 unspecified atom stereocenters. The standard InChI is InChI=1S/C13H13N3O5S/c17-13-7-6-11(16(18)19)10-15(13)9-8-14-22(20,21)12-4-2-1-3-5-12/h1-7,10,14H,8-9H2. The van der Waals surface area contributed by atoms with Crippen LogP contribution in [0, 0.1) is 10.1 Å². The van der Waals surface area contributed by atoms with Gasteiger partial charge >= 0.3 is 0 Å². The molecule has 1 aromatic heterocycles. The summed E-state index contributed by atoms with van der Waals surface area (Å²) >= 11 is 0. The Hall–Kier alpha value is -2.52. The van der Waals surface area contributed by atoms with Gasteiger partial charge in [0, 0.05) is 25.2 Å². The number of nitrogens with zero attached hydrogens (tertiary/aromatic N) is 2. The van der Waals surface area contributed by atoms with Crippen molar-refractivity contribution in [2.45, 2.75) is 11.4 Å². The molecule has 0 aliphatic carbocycles. The molecular formula is C13H13N3O5S. The van der Waals surface area contributed by atoms with E-state index in [1.165, 1.54) is 12.1 Å². The summed E-state index contributed by atoms with van der Waals surface area (Å²) in [6.07, 6.45) is 1.08. The molecule has 116 valence electrons. The Kier molecular flexibility index (Phi) is 4.68. The van der Waals surface area contributed by atoms with Crippen molar-refractivity contribution in [3.63, 3.8) is 0 Å². The molecule has 1 aromatic carbocycles. The Labute approximate surface area is 126 Å². The summed E-state index contributed by atoms with van der Waals surface area (Å²) in [5, 5.41) is 10.7. The number of nitro groups is 1. The second-order valence-electron chi connectivity index (χ2n) is 4.39. The van der Waals surface area contributed by atoms with Gasteiger partial charge in [-0.15, -0.1) is 0 Å². The molecule has 8 nitrogen and oxygen atoms in total.